The van der Waals surface area contributed by atoms with Gasteiger partial charge in [-0.05, 0) is 48.4 Å². The van der Waals surface area contributed by atoms with Gasteiger partial charge in [-0.2, -0.15) is 0 Å². The van der Waals surface area contributed by atoms with Crippen molar-refractivity contribution in [3.63, 3.8) is 0 Å². The third-order valence-electron chi connectivity index (χ3n) is 4.84. The van der Waals surface area contributed by atoms with E-state index in [-0.39, 0.29) is 12.5 Å². The second-order valence-corrected chi connectivity index (χ2v) is 6.93. The fourth-order valence-corrected chi connectivity index (χ4v) is 3.34. The third kappa shape index (κ3) is 4.63. The fourth-order valence-electron chi connectivity index (χ4n) is 3.34. The topological polar surface area (TPSA) is 56.2 Å². The summed E-state index contributed by atoms with van der Waals surface area (Å²) in [5, 5.41) is 2.90. The van der Waals surface area contributed by atoms with Crippen LogP contribution in [-0.4, -0.2) is 22.1 Å². The molecular formula is C24H23N3O2. The minimum Gasteiger partial charge on any atom is -0.484 e. The molecule has 1 N–H and O–H groups in total. The summed E-state index contributed by atoms with van der Waals surface area (Å²) >= 11 is 0. The van der Waals surface area contributed by atoms with Gasteiger partial charge in [0, 0.05) is 19.2 Å². The largest absolute Gasteiger partial charge is 0.484 e. The van der Waals surface area contributed by atoms with E-state index < -0.39 is 0 Å². The van der Waals surface area contributed by atoms with Crippen LogP contribution in [0.25, 0.3) is 11.0 Å². The van der Waals surface area contributed by atoms with E-state index in [9.17, 15) is 4.79 Å². The highest BCUT2D eigenvalue weighted by Crippen LogP contribution is 2.17. The zero-order valence-electron chi connectivity index (χ0n) is 16.3. The molecule has 0 aliphatic heterocycles. The molecule has 3 aromatic carbocycles. The maximum absolute atomic E-state index is 12.2. The molecule has 0 bridgehead atoms. The van der Waals surface area contributed by atoms with Crippen molar-refractivity contribution in [2.75, 3.05) is 11.9 Å². The van der Waals surface area contributed by atoms with E-state index in [1.807, 2.05) is 73.8 Å². The van der Waals surface area contributed by atoms with Crippen LogP contribution in [0.1, 0.15) is 11.4 Å². The highest BCUT2D eigenvalue weighted by molar-refractivity contribution is 5.91. The van der Waals surface area contributed by atoms with Crippen molar-refractivity contribution in [1.82, 2.24) is 9.55 Å². The summed E-state index contributed by atoms with van der Waals surface area (Å²) in [6, 6.07) is 25.4. The summed E-state index contributed by atoms with van der Waals surface area (Å²) in [6.07, 6.45) is 1.68. The second-order valence-electron chi connectivity index (χ2n) is 6.93. The molecule has 0 saturated heterocycles. The van der Waals surface area contributed by atoms with Crippen LogP contribution in [0.3, 0.4) is 0 Å². The fraction of sp³-hybridized carbons (Fsp3) is 0.167. The molecule has 0 aliphatic rings. The molecule has 1 aromatic heterocycles. The maximum Gasteiger partial charge on any atom is 0.262 e. The molecule has 0 saturated carbocycles. The first-order valence-corrected chi connectivity index (χ1v) is 9.66. The van der Waals surface area contributed by atoms with E-state index in [1.165, 1.54) is 0 Å². The van der Waals surface area contributed by atoms with Crippen molar-refractivity contribution >= 4 is 22.6 Å². The molecule has 4 aromatic rings. The molecule has 0 unspecified atom stereocenters. The summed E-state index contributed by atoms with van der Waals surface area (Å²) in [5.74, 6) is 1.55. The molecule has 1 heterocycles. The maximum atomic E-state index is 12.2. The van der Waals surface area contributed by atoms with E-state index in [1.54, 1.807) is 0 Å². The molecule has 1 amide bonds. The van der Waals surface area contributed by atoms with Gasteiger partial charge in [0.05, 0.1) is 11.0 Å². The van der Waals surface area contributed by atoms with Crippen LogP contribution in [0, 0.1) is 0 Å². The number of nitrogens with one attached hydrogen (secondary N) is 1. The smallest absolute Gasteiger partial charge is 0.262 e. The van der Waals surface area contributed by atoms with Crippen LogP contribution in [0.5, 0.6) is 5.75 Å². The molecule has 0 spiro atoms. The summed E-state index contributed by atoms with van der Waals surface area (Å²) in [7, 11) is 2.05. The number of amides is 1. The molecular weight excluding hydrogens is 362 g/mol. The number of carbonyl (C=O) groups is 1. The van der Waals surface area contributed by atoms with Gasteiger partial charge < -0.3 is 14.6 Å². The number of anilines is 1. The van der Waals surface area contributed by atoms with Gasteiger partial charge in [-0.3, -0.25) is 4.79 Å². The average Bonchev–Trinajstić information content (AvgIpc) is 3.08. The lowest BCUT2D eigenvalue weighted by Gasteiger charge is -2.09. The van der Waals surface area contributed by atoms with Crippen molar-refractivity contribution in [3.8, 4) is 5.75 Å². The van der Waals surface area contributed by atoms with Gasteiger partial charge in [0.1, 0.15) is 11.6 Å². The number of nitrogens with zero attached hydrogens (tertiary/aromatic N) is 2. The van der Waals surface area contributed by atoms with Crippen LogP contribution in [0.15, 0.2) is 78.9 Å². The molecule has 4 rings (SSSR count). The Morgan fingerprint density at radius 1 is 0.966 bits per heavy atom. The van der Waals surface area contributed by atoms with Crippen LogP contribution in [0.2, 0.25) is 0 Å². The quantitative estimate of drug-likeness (QED) is 0.514. The zero-order chi connectivity index (χ0) is 20.1. The molecule has 5 nitrogen and oxygen atoms in total. The Morgan fingerprint density at radius 3 is 2.59 bits per heavy atom. The van der Waals surface area contributed by atoms with E-state index >= 15 is 0 Å². The minimum atomic E-state index is -0.179. The number of para-hydroxylation sites is 3. The van der Waals surface area contributed by atoms with Gasteiger partial charge in [-0.15, -0.1) is 0 Å². The first-order chi connectivity index (χ1) is 14.2. The summed E-state index contributed by atoms with van der Waals surface area (Å²) in [5.41, 5.74) is 4.08. The number of imidazole rings is 1. The number of rotatable bonds is 7. The van der Waals surface area contributed by atoms with E-state index in [0.29, 0.717) is 5.75 Å². The summed E-state index contributed by atoms with van der Waals surface area (Å²) in [6.45, 7) is -0.0197. The monoisotopic (exact) mass is 385 g/mol. The van der Waals surface area contributed by atoms with Crippen LogP contribution in [-0.2, 0) is 24.7 Å². The molecule has 0 fully saturated rings. The summed E-state index contributed by atoms with van der Waals surface area (Å²) in [4.78, 5) is 16.9. The minimum absolute atomic E-state index is 0.0197. The molecule has 0 radical (unpaired) electrons. The van der Waals surface area contributed by atoms with Gasteiger partial charge >= 0.3 is 0 Å². The second kappa shape index (κ2) is 8.61. The van der Waals surface area contributed by atoms with Gasteiger partial charge in [0.15, 0.2) is 6.61 Å². The Bertz CT molecular complexity index is 1120. The number of ether oxygens (including phenoxy) is 1. The van der Waals surface area contributed by atoms with Gasteiger partial charge in [0.2, 0.25) is 0 Å². The SMILES string of the molecule is Cn1c(CCc2cccc(NC(=O)COc3ccccc3)c2)nc2ccccc21. The Morgan fingerprint density at radius 2 is 1.76 bits per heavy atom. The van der Waals surface area contributed by atoms with Crippen LogP contribution < -0.4 is 10.1 Å². The standard InChI is InChI=1S/C24H23N3O2/c1-27-22-13-6-5-12-21(22)26-23(27)15-14-18-8-7-9-19(16-18)25-24(28)17-29-20-10-3-2-4-11-20/h2-13,16H,14-15,17H2,1H3,(H,25,28). The van der Waals surface area contributed by atoms with Gasteiger partial charge in [-0.1, -0.05) is 42.5 Å². The number of fused-ring (bicyclic) bond motifs is 1. The Hall–Kier alpha value is -3.60. The zero-order valence-corrected chi connectivity index (χ0v) is 16.3. The van der Waals surface area contributed by atoms with E-state index in [2.05, 4.69) is 22.0 Å². The number of hydrogen-bond acceptors (Lipinski definition) is 3. The molecule has 0 aliphatic carbocycles. The normalized spacial score (nSPS) is 10.8. The summed E-state index contributed by atoms with van der Waals surface area (Å²) < 4.78 is 7.64. The molecule has 29 heavy (non-hydrogen) atoms. The lowest BCUT2D eigenvalue weighted by molar-refractivity contribution is -0.118. The van der Waals surface area contributed by atoms with E-state index in [4.69, 9.17) is 9.72 Å². The number of benzene rings is 3. The highest BCUT2D eigenvalue weighted by Gasteiger charge is 2.08. The van der Waals surface area contributed by atoms with Crippen LogP contribution >= 0.6 is 0 Å². The van der Waals surface area contributed by atoms with Crippen molar-refractivity contribution in [2.45, 2.75) is 12.8 Å². The third-order valence-corrected chi connectivity index (χ3v) is 4.84. The van der Waals surface area contributed by atoms with E-state index in [0.717, 1.165) is 41.0 Å². The number of aryl methyl sites for hydroxylation is 3. The molecule has 5 heteroatoms. The lowest BCUT2D eigenvalue weighted by atomic mass is 10.1. The van der Waals surface area contributed by atoms with Crippen molar-refractivity contribution < 1.29 is 9.53 Å². The molecule has 0 atom stereocenters. The Labute approximate surface area is 170 Å². The van der Waals surface area contributed by atoms with Crippen molar-refractivity contribution in [2.24, 2.45) is 7.05 Å². The Balaban J connectivity index is 1.35. The van der Waals surface area contributed by atoms with Crippen molar-refractivity contribution in [1.29, 1.82) is 0 Å². The predicted molar refractivity (Wildman–Crippen MR) is 115 cm³/mol. The predicted octanol–water partition coefficient (Wildman–Crippen LogP) is 4.38. The number of carbonyl (C=O) groups excluding carboxylic acids is 1. The van der Waals surface area contributed by atoms with Crippen molar-refractivity contribution in [3.05, 3.63) is 90.3 Å². The Kier molecular flexibility index (Phi) is 5.56. The van der Waals surface area contributed by atoms with Gasteiger partial charge in [-0.25, -0.2) is 4.98 Å². The lowest BCUT2D eigenvalue weighted by Crippen LogP contribution is -2.20. The van der Waals surface area contributed by atoms with Gasteiger partial charge in [0.25, 0.3) is 5.91 Å². The first kappa shape index (κ1) is 18.7. The first-order valence-electron chi connectivity index (χ1n) is 9.66. The van der Waals surface area contributed by atoms with Crippen LogP contribution in [0.4, 0.5) is 5.69 Å². The number of aromatic nitrogens is 2. The molecule has 146 valence electrons. The average molecular weight is 385 g/mol. The number of hydrogen-bond donors (Lipinski definition) is 1. The highest BCUT2D eigenvalue weighted by atomic mass is 16.5.